The smallest absolute Gasteiger partial charge is 0.228 e. The first kappa shape index (κ1) is 13.6. The van der Waals surface area contributed by atoms with Crippen LogP contribution in [0.3, 0.4) is 0 Å². The summed E-state index contributed by atoms with van der Waals surface area (Å²) in [6.45, 7) is 3.82. The largest absolute Gasteiger partial charge is 0.342 e. The van der Waals surface area contributed by atoms with Crippen LogP contribution < -0.4 is 5.73 Å². The van der Waals surface area contributed by atoms with Gasteiger partial charge in [0, 0.05) is 25.3 Å². The van der Waals surface area contributed by atoms with Crippen LogP contribution in [0.15, 0.2) is 18.3 Å². The molecule has 20 heavy (non-hydrogen) atoms. The maximum absolute atomic E-state index is 12.4. The molecule has 0 radical (unpaired) electrons. The summed E-state index contributed by atoms with van der Waals surface area (Å²) in [5.41, 5.74) is 8.05. The molecule has 2 aliphatic rings. The Morgan fingerprint density at radius 1 is 1.40 bits per heavy atom. The molecule has 1 saturated carbocycles. The third-order valence-corrected chi connectivity index (χ3v) is 4.88. The standard InChI is InChI=1S/C16H23N3O/c1-11-3-2-6-18-15(11)8-16(20)19-9-12-4-5-14(17)7-13(12)10-19/h2-3,6,12-14H,4-5,7-10,17H2,1H3/t12-,13+,14?/m1/s1. The van der Waals surface area contributed by atoms with Crippen LogP contribution in [0.1, 0.15) is 30.5 Å². The summed E-state index contributed by atoms with van der Waals surface area (Å²) in [6.07, 6.45) is 5.56. The molecule has 108 valence electrons. The lowest BCUT2D eigenvalue weighted by Crippen LogP contribution is -2.32. The highest BCUT2D eigenvalue weighted by atomic mass is 16.2. The van der Waals surface area contributed by atoms with Gasteiger partial charge in [0.25, 0.3) is 0 Å². The number of carbonyl (C=O) groups excluding carboxylic acids is 1. The van der Waals surface area contributed by atoms with Crippen molar-refractivity contribution in [2.24, 2.45) is 17.6 Å². The lowest BCUT2D eigenvalue weighted by atomic mass is 9.79. The normalized spacial score (nSPS) is 29.3. The number of aromatic nitrogens is 1. The van der Waals surface area contributed by atoms with E-state index < -0.39 is 0 Å². The summed E-state index contributed by atoms with van der Waals surface area (Å²) in [5.74, 6) is 1.51. The summed E-state index contributed by atoms with van der Waals surface area (Å²) >= 11 is 0. The van der Waals surface area contributed by atoms with Gasteiger partial charge in [0.05, 0.1) is 12.1 Å². The molecule has 0 bridgehead atoms. The van der Waals surface area contributed by atoms with E-state index in [1.54, 1.807) is 6.20 Å². The van der Waals surface area contributed by atoms with Gasteiger partial charge >= 0.3 is 0 Å². The quantitative estimate of drug-likeness (QED) is 0.888. The number of hydrogen-bond acceptors (Lipinski definition) is 3. The molecular formula is C16H23N3O. The van der Waals surface area contributed by atoms with E-state index in [9.17, 15) is 4.79 Å². The fourth-order valence-electron chi connectivity index (χ4n) is 3.63. The van der Waals surface area contributed by atoms with Gasteiger partial charge in [0.2, 0.25) is 5.91 Å². The van der Waals surface area contributed by atoms with Gasteiger partial charge < -0.3 is 10.6 Å². The van der Waals surface area contributed by atoms with E-state index in [0.717, 1.165) is 37.2 Å². The van der Waals surface area contributed by atoms with Crippen LogP contribution in [0, 0.1) is 18.8 Å². The topological polar surface area (TPSA) is 59.2 Å². The molecule has 0 spiro atoms. The van der Waals surface area contributed by atoms with Gasteiger partial charge in [-0.05, 0) is 49.7 Å². The highest BCUT2D eigenvalue weighted by Crippen LogP contribution is 2.35. The molecule has 3 atom stereocenters. The fourth-order valence-corrected chi connectivity index (χ4v) is 3.63. The van der Waals surface area contributed by atoms with E-state index in [-0.39, 0.29) is 5.91 Å². The van der Waals surface area contributed by atoms with Gasteiger partial charge in [-0.25, -0.2) is 0 Å². The number of carbonyl (C=O) groups is 1. The number of hydrogen-bond donors (Lipinski definition) is 1. The van der Waals surface area contributed by atoms with E-state index in [1.165, 1.54) is 6.42 Å². The number of fused-ring (bicyclic) bond motifs is 1. The average Bonchev–Trinajstić information content (AvgIpc) is 2.84. The Bertz CT molecular complexity index is 502. The highest BCUT2D eigenvalue weighted by Gasteiger charge is 2.38. The van der Waals surface area contributed by atoms with Crippen molar-refractivity contribution in [2.75, 3.05) is 13.1 Å². The van der Waals surface area contributed by atoms with Gasteiger partial charge in [0.15, 0.2) is 0 Å². The Morgan fingerprint density at radius 3 is 3.00 bits per heavy atom. The minimum absolute atomic E-state index is 0.217. The van der Waals surface area contributed by atoms with Gasteiger partial charge in [-0.3, -0.25) is 9.78 Å². The average molecular weight is 273 g/mol. The summed E-state index contributed by atoms with van der Waals surface area (Å²) < 4.78 is 0. The Hall–Kier alpha value is -1.42. The van der Waals surface area contributed by atoms with Crippen molar-refractivity contribution in [3.05, 3.63) is 29.6 Å². The van der Waals surface area contributed by atoms with Gasteiger partial charge in [-0.1, -0.05) is 6.07 Å². The second kappa shape index (κ2) is 5.52. The van der Waals surface area contributed by atoms with Crippen LogP contribution in [0.25, 0.3) is 0 Å². The van der Waals surface area contributed by atoms with Crippen LogP contribution >= 0.6 is 0 Å². The predicted molar refractivity (Wildman–Crippen MR) is 78.1 cm³/mol. The molecule has 1 saturated heterocycles. The van der Waals surface area contributed by atoms with Crippen molar-refractivity contribution < 1.29 is 4.79 Å². The second-order valence-electron chi connectivity index (χ2n) is 6.34. The Labute approximate surface area is 120 Å². The second-order valence-corrected chi connectivity index (χ2v) is 6.34. The zero-order valence-electron chi connectivity index (χ0n) is 12.1. The lowest BCUT2D eigenvalue weighted by Gasteiger charge is -2.27. The predicted octanol–water partition coefficient (Wildman–Crippen LogP) is 1.52. The van der Waals surface area contributed by atoms with Crippen LogP contribution in [0.2, 0.25) is 0 Å². The van der Waals surface area contributed by atoms with E-state index in [1.807, 2.05) is 24.0 Å². The van der Waals surface area contributed by atoms with Crippen molar-refractivity contribution in [1.29, 1.82) is 0 Å². The first-order chi connectivity index (χ1) is 9.63. The number of aryl methyl sites for hydroxylation is 1. The SMILES string of the molecule is Cc1cccnc1CC(=O)N1C[C@H]2CCC(N)C[C@H]2C1. The number of amides is 1. The van der Waals surface area contributed by atoms with Crippen molar-refractivity contribution in [3.8, 4) is 0 Å². The number of pyridine rings is 1. The molecule has 1 aromatic rings. The van der Waals surface area contributed by atoms with Crippen molar-refractivity contribution in [1.82, 2.24) is 9.88 Å². The number of rotatable bonds is 2. The van der Waals surface area contributed by atoms with E-state index in [2.05, 4.69) is 4.98 Å². The molecule has 1 aliphatic heterocycles. The molecule has 4 nitrogen and oxygen atoms in total. The summed E-state index contributed by atoms with van der Waals surface area (Å²) in [4.78, 5) is 18.8. The highest BCUT2D eigenvalue weighted by molar-refractivity contribution is 5.79. The number of nitrogens with two attached hydrogens (primary N) is 1. The zero-order valence-corrected chi connectivity index (χ0v) is 12.1. The molecule has 1 aliphatic carbocycles. The fraction of sp³-hybridized carbons (Fsp3) is 0.625. The molecule has 1 unspecified atom stereocenters. The van der Waals surface area contributed by atoms with Crippen LogP contribution in [-0.4, -0.2) is 34.9 Å². The Balaban J connectivity index is 1.63. The first-order valence-electron chi connectivity index (χ1n) is 7.57. The van der Waals surface area contributed by atoms with Crippen LogP contribution in [0.4, 0.5) is 0 Å². The molecule has 3 rings (SSSR count). The molecule has 1 amide bonds. The third-order valence-electron chi connectivity index (χ3n) is 4.88. The molecule has 2 heterocycles. The molecule has 1 aromatic heterocycles. The van der Waals surface area contributed by atoms with Gasteiger partial charge in [0.1, 0.15) is 0 Å². The van der Waals surface area contributed by atoms with E-state index in [0.29, 0.717) is 24.3 Å². The van der Waals surface area contributed by atoms with E-state index >= 15 is 0 Å². The molecule has 0 aromatic carbocycles. The maximum atomic E-state index is 12.4. The Morgan fingerprint density at radius 2 is 2.20 bits per heavy atom. The van der Waals surface area contributed by atoms with Gasteiger partial charge in [-0.2, -0.15) is 0 Å². The number of nitrogens with zero attached hydrogens (tertiary/aromatic N) is 2. The first-order valence-corrected chi connectivity index (χ1v) is 7.57. The summed E-state index contributed by atoms with van der Waals surface area (Å²) in [5, 5.41) is 0. The lowest BCUT2D eigenvalue weighted by molar-refractivity contribution is -0.129. The molecule has 4 heteroatoms. The number of likely N-dealkylation sites (tertiary alicyclic amines) is 1. The monoisotopic (exact) mass is 273 g/mol. The third kappa shape index (κ3) is 2.70. The van der Waals surface area contributed by atoms with Crippen molar-refractivity contribution in [3.63, 3.8) is 0 Å². The molecule has 2 fully saturated rings. The van der Waals surface area contributed by atoms with E-state index in [4.69, 9.17) is 5.73 Å². The minimum atomic E-state index is 0.217. The zero-order chi connectivity index (χ0) is 14.1. The minimum Gasteiger partial charge on any atom is -0.342 e. The van der Waals surface area contributed by atoms with Crippen molar-refractivity contribution in [2.45, 2.75) is 38.6 Å². The van der Waals surface area contributed by atoms with Crippen LogP contribution in [0.5, 0.6) is 0 Å². The molecule has 2 N–H and O–H groups in total. The molecular weight excluding hydrogens is 250 g/mol. The summed E-state index contributed by atoms with van der Waals surface area (Å²) in [7, 11) is 0. The Kier molecular flexibility index (Phi) is 3.74. The maximum Gasteiger partial charge on any atom is 0.228 e. The van der Waals surface area contributed by atoms with Gasteiger partial charge in [-0.15, -0.1) is 0 Å². The summed E-state index contributed by atoms with van der Waals surface area (Å²) in [6, 6.07) is 4.26. The van der Waals surface area contributed by atoms with Crippen LogP contribution in [-0.2, 0) is 11.2 Å². The van der Waals surface area contributed by atoms with Crippen molar-refractivity contribution >= 4 is 5.91 Å².